The Kier molecular flexibility index (Phi) is 4.61. The van der Waals surface area contributed by atoms with E-state index in [1.807, 2.05) is 0 Å². The van der Waals surface area contributed by atoms with E-state index in [1.54, 1.807) is 24.0 Å². The van der Waals surface area contributed by atoms with Gasteiger partial charge in [0.25, 0.3) is 11.8 Å². The van der Waals surface area contributed by atoms with Crippen molar-refractivity contribution >= 4 is 33.2 Å². The molecule has 142 valence electrons. The van der Waals surface area contributed by atoms with E-state index in [-0.39, 0.29) is 29.9 Å². The number of rotatable bonds is 3. The number of nitrogens with one attached hydrogen (secondary N) is 2. The van der Waals surface area contributed by atoms with Gasteiger partial charge in [0.1, 0.15) is 5.82 Å². The molecule has 1 unspecified atom stereocenters. The number of terminal acetylenes is 1. The molecule has 0 saturated heterocycles. The smallest absolute Gasteiger partial charge is 0.273 e. The number of amides is 2. The third-order valence-electron chi connectivity index (χ3n) is 4.72. The van der Waals surface area contributed by atoms with Crippen molar-refractivity contribution in [2.24, 2.45) is 0 Å². The van der Waals surface area contributed by atoms with Gasteiger partial charge in [0.2, 0.25) is 0 Å². The molecular weight excluding hydrogens is 379 g/mol. The van der Waals surface area contributed by atoms with Crippen LogP contribution in [0.2, 0.25) is 0 Å². The van der Waals surface area contributed by atoms with Gasteiger partial charge >= 0.3 is 0 Å². The van der Waals surface area contributed by atoms with Gasteiger partial charge in [0.15, 0.2) is 5.69 Å². The molecule has 0 fully saturated rings. The predicted octanol–water partition coefficient (Wildman–Crippen LogP) is 2.71. The van der Waals surface area contributed by atoms with Crippen molar-refractivity contribution in [1.29, 1.82) is 0 Å². The first-order valence-corrected chi connectivity index (χ1v) is 9.59. The molecule has 0 spiro atoms. The van der Waals surface area contributed by atoms with E-state index in [4.69, 9.17) is 6.42 Å². The molecule has 8 heteroatoms. The topological polar surface area (TPSA) is 78.1 Å². The molecule has 2 aromatic heterocycles. The first kappa shape index (κ1) is 18.2. The molecule has 6 nitrogen and oxygen atoms in total. The van der Waals surface area contributed by atoms with E-state index in [0.717, 1.165) is 10.4 Å². The summed E-state index contributed by atoms with van der Waals surface area (Å²) in [5.41, 5.74) is 1.81. The van der Waals surface area contributed by atoms with Crippen molar-refractivity contribution in [2.75, 3.05) is 6.54 Å². The van der Waals surface area contributed by atoms with Crippen molar-refractivity contribution in [3.8, 4) is 12.3 Å². The first-order chi connectivity index (χ1) is 13.5. The lowest BCUT2D eigenvalue weighted by Gasteiger charge is -2.26. The predicted molar refractivity (Wildman–Crippen MR) is 105 cm³/mol. The summed E-state index contributed by atoms with van der Waals surface area (Å²) in [6, 6.07) is 5.76. The number of aromatic amines is 1. The van der Waals surface area contributed by atoms with Crippen LogP contribution < -0.4 is 5.32 Å². The molecule has 3 aromatic rings. The zero-order valence-corrected chi connectivity index (χ0v) is 15.9. The number of H-pyrrole nitrogens is 1. The Hall–Kier alpha value is -3.18. The average Bonchev–Trinajstić information content (AvgIpc) is 3.30. The van der Waals surface area contributed by atoms with Crippen molar-refractivity contribution in [3.05, 3.63) is 51.9 Å². The summed E-state index contributed by atoms with van der Waals surface area (Å²) in [5, 5.41) is 10.4. The maximum atomic E-state index is 13.4. The first-order valence-electron chi connectivity index (χ1n) is 8.77. The van der Waals surface area contributed by atoms with Gasteiger partial charge in [0, 0.05) is 28.9 Å². The van der Waals surface area contributed by atoms with Crippen LogP contribution in [0.4, 0.5) is 4.39 Å². The van der Waals surface area contributed by atoms with E-state index in [2.05, 4.69) is 21.4 Å². The average molecular weight is 396 g/mol. The maximum Gasteiger partial charge on any atom is 0.273 e. The number of carbonyl (C=O) groups excluding carboxylic acids is 2. The highest BCUT2D eigenvalue weighted by Crippen LogP contribution is 2.29. The van der Waals surface area contributed by atoms with Gasteiger partial charge < -0.3 is 10.2 Å². The third-order valence-corrected chi connectivity index (χ3v) is 5.83. The minimum atomic E-state index is -0.417. The van der Waals surface area contributed by atoms with Gasteiger partial charge in [-0.2, -0.15) is 5.10 Å². The molecule has 2 amide bonds. The van der Waals surface area contributed by atoms with E-state index in [9.17, 15) is 14.0 Å². The van der Waals surface area contributed by atoms with Crippen molar-refractivity contribution in [1.82, 2.24) is 20.4 Å². The van der Waals surface area contributed by atoms with Crippen LogP contribution in [0, 0.1) is 18.2 Å². The summed E-state index contributed by atoms with van der Waals surface area (Å²) in [6.45, 7) is 2.50. The fourth-order valence-corrected chi connectivity index (χ4v) is 4.25. The number of aromatic nitrogens is 2. The number of nitrogens with zero attached hydrogens (tertiary/aromatic N) is 2. The number of thiophene rings is 1. The molecule has 1 atom stereocenters. The number of halogens is 1. The second-order valence-corrected chi connectivity index (χ2v) is 7.74. The van der Waals surface area contributed by atoms with Gasteiger partial charge in [-0.1, -0.05) is 5.92 Å². The summed E-state index contributed by atoms with van der Waals surface area (Å²) >= 11 is 1.33. The fourth-order valence-electron chi connectivity index (χ4n) is 3.24. The van der Waals surface area contributed by atoms with E-state index in [0.29, 0.717) is 28.8 Å². The largest absolute Gasteiger partial charge is 0.337 e. The second kappa shape index (κ2) is 7.09. The van der Waals surface area contributed by atoms with Crippen molar-refractivity contribution in [2.45, 2.75) is 25.9 Å². The van der Waals surface area contributed by atoms with Crippen LogP contribution in [0.1, 0.15) is 38.3 Å². The van der Waals surface area contributed by atoms with E-state index in [1.165, 1.54) is 23.5 Å². The molecule has 0 aliphatic carbocycles. The Labute approximate surface area is 164 Å². The van der Waals surface area contributed by atoms with Crippen molar-refractivity contribution < 1.29 is 14.0 Å². The minimum Gasteiger partial charge on any atom is -0.337 e. The van der Waals surface area contributed by atoms with E-state index >= 15 is 0 Å². The zero-order chi connectivity index (χ0) is 19.8. The molecule has 2 N–H and O–H groups in total. The zero-order valence-electron chi connectivity index (χ0n) is 15.1. The SMILES string of the molecule is C#CC(C)NC(=O)c1n[nH]c2c1CN(C(=O)c1cc3cc(F)ccc3s1)CC2. The number of carbonyl (C=O) groups is 2. The lowest BCUT2D eigenvalue weighted by Crippen LogP contribution is -2.37. The van der Waals surface area contributed by atoms with Gasteiger partial charge in [-0.25, -0.2) is 4.39 Å². The lowest BCUT2D eigenvalue weighted by atomic mass is 10.0. The van der Waals surface area contributed by atoms with Crippen LogP contribution in [0.15, 0.2) is 24.3 Å². The van der Waals surface area contributed by atoms with Crippen LogP contribution >= 0.6 is 11.3 Å². The Morgan fingerprint density at radius 3 is 3.04 bits per heavy atom. The Morgan fingerprint density at radius 1 is 1.43 bits per heavy atom. The number of hydrogen-bond donors (Lipinski definition) is 2. The monoisotopic (exact) mass is 396 g/mol. The molecule has 4 rings (SSSR count). The Morgan fingerprint density at radius 2 is 2.25 bits per heavy atom. The molecule has 0 bridgehead atoms. The molecule has 0 radical (unpaired) electrons. The summed E-state index contributed by atoms with van der Waals surface area (Å²) in [7, 11) is 0. The Balaban J connectivity index is 1.57. The molecule has 1 aliphatic rings. The number of fused-ring (bicyclic) bond motifs is 2. The fraction of sp³-hybridized carbons (Fsp3) is 0.250. The highest BCUT2D eigenvalue weighted by atomic mass is 32.1. The normalized spacial score (nSPS) is 14.4. The van der Waals surface area contributed by atoms with Crippen LogP contribution in [0.25, 0.3) is 10.1 Å². The highest BCUT2D eigenvalue weighted by Gasteiger charge is 2.29. The quantitative estimate of drug-likeness (QED) is 0.669. The summed E-state index contributed by atoms with van der Waals surface area (Å²) in [4.78, 5) is 27.6. The van der Waals surface area contributed by atoms with Crippen molar-refractivity contribution in [3.63, 3.8) is 0 Å². The lowest BCUT2D eigenvalue weighted by molar-refractivity contribution is 0.0736. The van der Waals surface area contributed by atoms with Gasteiger partial charge in [-0.05, 0) is 36.6 Å². The van der Waals surface area contributed by atoms with Crippen LogP contribution in [-0.2, 0) is 13.0 Å². The van der Waals surface area contributed by atoms with Gasteiger partial charge in [-0.15, -0.1) is 17.8 Å². The van der Waals surface area contributed by atoms with E-state index < -0.39 is 6.04 Å². The van der Waals surface area contributed by atoms with Crippen LogP contribution in [0.3, 0.4) is 0 Å². The number of hydrogen-bond acceptors (Lipinski definition) is 4. The molecule has 3 heterocycles. The molecule has 0 saturated carbocycles. The van der Waals surface area contributed by atoms with Crippen LogP contribution in [-0.4, -0.2) is 39.5 Å². The molecule has 1 aromatic carbocycles. The molecule has 1 aliphatic heterocycles. The third kappa shape index (κ3) is 3.25. The maximum absolute atomic E-state index is 13.4. The summed E-state index contributed by atoms with van der Waals surface area (Å²) in [5.74, 6) is 1.60. The highest BCUT2D eigenvalue weighted by molar-refractivity contribution is 7.20. The van der Waals surface area contributed by atoms with Gasteiger partial charge in [0.05, 0.1) is 17.5 Å². The molecular formula is C20H17FN4O2S. The minimum absolute atomic E-state index is 0.142. The number of benzene rings is 1. The second-order valence-electron chi connectivity index (χ2n) is 6.66. The van der Waals surface area contributed by atoms with Crippen LogP contribution in [0.5, 0.6) is 0 Å². The standard InChI is InChI=1S/C20H17FN4O2S/c1-3-11(2)22-19(26)18-14-10-25(7-6-15(14)23-24-18)20(27)17-9-12-8-13(21)4-5-16(12)28-17/h1,4-5,8-9,11H,6-7,10H2,2H3,(H,22,26)(H,23,24). The summed E-state index contributed by atoms with van der Waals surface area (Å²) < 4.78 is 14.3. The van der Waals surface area contributed by atoms with Gasteiger partial charge in [-0.3, -0.25) is 14.7 Å². The Bertz CT molecular complexity index is 1130. The molecule has 28 heavy (non-hydrogen) atoms. The summed E-state index contributed by atoms with van der Waals surface area (Å²) in [6.07, 6.45) is 5.89.